The van der Waals surface area contributed by atoms with E-state index in [1.165, 1.54) is 25.7 Å². The third kappa shape index (κ3) is 1.73. The lowest BCUT2D eigenvalue weighted by Crippen LogP contribution is -2.32. The monoisotopic (exact) mass is 251 g/mol. The first-order chi connectivity index (χ1) is 8.53. The second-order valence-electron chi connectivity index (χ2n) is 6.49. The third-order valence-corrected chi connectivity index (χ3v) is 5.33. The molecule has 18 heavy (non-hydrogen) atoms. The van der Waals surface area contributed by atoms with E-state index in [1.54, 1.807) is 4.90 Å². The summed E-state index contributed by atoms with van der Waals surface area (Å²) in [4.78, 5) is 25.3. The molecule has 3 fully saturated rings. The molecule has 100 valence electrons. The van der Waals surface area contributed by atoms with Crippen LogP contribution in [0.4, 0.5) is 0 Å². The second kappa shape index (κ2) is 3.97. The minimum absolute atomic E-state index is 0.0877. The number of nitrogens with zero attached hydrogens (tertiary/aromatic N) is 1. The van der Waals surface area contributed by atoms with Crippen molar-refractivity contribution in [1.82, 2.24) is 4.90 Å². The van der Waals surface area contributed by atoms with Gasteiger partial charge in [0.15, 0.2) is 0 Å². The van der Waals surface area contributed by atoms with Crippen LogP contribution in [0.25, 0.3) is 0 Å². The summed E-state index contributed by atoms with van der Waals surface area (Å²) >= 11 is 0. The minimum atomic E-state index is -0.760. The zero-order valence-corrected chi connectivity index (χ0v) is 10.9. The Kier molecular flexibility index (Phi) is 2.65. The highest BCUT2D eigenvalue weighted by Gasteiger charge is 2.60. The van der Waals surface area contributed by atoms with Gasteiger partial charge < -0.3 is 10.0 Å². The number of carbonyl (C=O) groups is 2. The zero-order valence-electron chi connectivity index (χ0n) is 10.9. The van der Waals surface area contributed by atoms with Gasteiger partial charge in [-0.05, 0) is 30.6 Å². The summed E-state index contributed by atoms with van der Waals surface area (Å²) in [5.74, 6) is -0.603. The maximum Gasteiger partial charge on any atom is 0.308 e. The Morgan fingerprint density at radius 2 is 1.89 bits per heavy atom. The van der Waals surface area contributed by atoms with E-state index in [0.717, 1.165) is 6.42 Å². The Hall–Kier alpha value is -1.06. The van der Waals surface area contributed by atoms with E-state index in [2.05, 4.69) is 0 Å². The minimum Gasteiger partial charge on any atom is -0.481 e. The third-order valence-electron chi connectivity index (χ3n) is 5.33. The van der Waals surface area contributed by atoms with Crippen LogP contribution < -0.4 is 0 Å². The molecule has 1 N–H and O–H groups in total. The number of amides is 1. The average molecular weight is 251 g/mol. The molecule has 0 aromatic heterocycles. The molecule has 3 aliphatic rings. The van der Waals surface area contributed by atoms with Gasteiger partial charge in [-0.1, -0.05) is 19.8 Å². The Bertz CT molecular complexity index is 387. The number of likely N-dealkylation sites (tertiary alicyclic amines) is 1. The molecule has 1 amide bonds. The summed E-state index contributed by atoms with van der Waals surface area (Å²) < 4.78 is 0. The standard InChI is InChI=1S/C14H21NO3/c1-9-7-15(8-10(9)13(17)18)12(16)11-6-14(11)4-2-3-5-14/h9-11H,2-8H2,1H3,(H,17,18)/t9-,10-,11?/m1/s1. The highest BCUT2D eigenvalue weighted by Crippen LogP contribution is 2.63. The van der Waals surface area contributed by atoms with Crippen LogP contribution in [0.15, 0.2) is 0 Å². The summed E-state index contributed by atoms with van der Waals surface area (Å²) in [7, 11) is 0. The molecule has 1 saturated heterocycles. The Labute approximate surface area is 107 Å². The fourth-order valence-electron chi connectivity index (χ4n) is 4.02. The number of carbonyl (C=O) groups excluding carboxylic acids is 1. The lowest BCUT2D eigenvalue weighted by molar-refractivity contribution is -0.142. The molecule has 0 bridgehead atoms. The average Bonchev–Trinajstić information content (AvgIpc) is 2.67. The van der Waals surface area contributed by atoms with Gasteiger partial charge in [0.05, 0.1) is 5.92 Å². The lowest BCUT2D eigenvalue weighted by atomic mass is 9.99. The van der Waals surface area contributed by atoms with Crippen LogP contribution in [-0.2, 0) is 9.59 Å². The van der Waals surface area contributed by atoms with E-state index in [9.17, 15) is 9.59 Å². The highest BCUT2D eigenvalue weighted by molar-refractivity contribution is 5.84. The van der Waals surface area contributed by atoms with Crippen LogP contribution in [-0.4, -0.2) is 35.0 Å². The molecule has 4 heteroatoms. The number of carboxylic acids is 1. The van der Waals surface area contributed by atoms with Crippen molar-refractivity contribution in [3.05, 3.63) is 0 Å². The Balaban J connectivity index is 1.63. The van der Waals surface area contributed by atoms with Crippen molar-refractivity contribution in [3.63, 3.8) is 0 Å². The van der Waals surface area contributed by atoms with Gasteiger partial charge in [0, 0.05) is 19.0 Å². The molecule has 2 saturated carbocycles. The summed E-state index contributed by atoms with van der Waals surface area (Å²) in [6, 6.07) is 0. The molecule has 0 aromatic rings. The first kappa shape index (κ1) is 12.0. The fraction of sp³-hybridized carbons (Fsp3) is 0.857. The number of carboxylic acid groups (broad SMARTS) is 1. The molecule has 0 aromatic carbocycles. The van der Waals surface area contributed by atoms with Crippen molar-refractivity contribution >= 4 is 11.9 Å². The molecule has 0 radical (unpaired) electrons. The van der Waals surface area contributed by atoms with Gasteiger partial charge in [-0.2, -0.15) is 0 Å². The molecular weight excluding hydrogens is 230 g/mol. The van der Waals surface area contributed by atoms with Crippen LogP contribution in [0.2, 0.25) is 0 Å². The van der Waals surface area contributed by atoms with Gasteiger partial charge in [0.2, 0.25) is 5.91 Å². The predicted molar refractivity (Wildman–Crippen MR) is 65.9 cm³/mol. The molecule has 4 nitrogen and oxygen atoms in total. The molecule has 1 spiro atoms. The lowest BCUT2D eigenvalue weighted by Gasteiger charge is -2.17. The summed E-state index contributed by atoms with van der Waals surface area (Å²) in [5, 5.41) is 9.10. The van der Waals surface area contributed by atoms with E-state index >= 15 is 0 Å². The number of hydrogen-bond donors (Lipinski definition) is 1. The quantitative estimate of drug-likeness (QED) is 0.813. The van der Waals surface area contributed by atoms with Crippen molar-refractivity contribution < 1.29 is 14.7 Å². The molecule has 1 aliphatic heterocycles. The summed E-state index contributed by atoms with van der Waals surface area (Å²) in [5.41, 5.74) is 0.321. The van der Waals surface area contributed by atoms with Crippen LogP contribution in [0.5, 0.6) is 0 Å². The molecule has 1 unspecified atom stereocenters. The second-order valence-corrected chi connectivity index (χ2v) is 6.49. The molecule has 3 rings (SSSR count). The fourth-order valence-corrected chi connectivity index (χ4v) is 4.02. The first-order valence-corrected chi connectivity index (χ1v) is 7.05. The normalized spacial score (nSPS) is 37.2. The Morgan fingerprint density at radius 3 is 2.44 bits per heavy atom. The van der Waals surface area contributed by atoms with Gasteiger partial charge in [0.25, 0.3) is 0 Å². The number of aliphatic carboxylic acids is 1. The number of rotatable bonds is 2. The van der Waals surface area contributed by atoms with Crippen LogP contribution >= 0.6 is 0 Å². The van der Waals surface area contributed by atoms with Crippen LogP contribution in [0.3, 0.4) is 0 Å². The van der Waals surface area contributed by atoms with Gasteiger partial charge in [-0.3, -0.25) is 9.59 Å². The Morgan fingerprint density at radius 1 is 1.22 bits per heavy atom. The van der Waals surface area contributed by atoms with Gasteiger partial charge in [-0.25, -0.2) is 0 Å². The van der Waals surface area contributed by atoms with Crippen molar-refractivity contribution in [1.29, 1.82) is 0 Å². The van der Waals surface area contributed by atoms with Crippen molar-refractivity contribution in [2.24, 2.45) is 23.2 Å². The van der Waals surface area contributed by atoms with Gasteiger partial charge >= 0.3 is 5.97 Å². The van der Waals surface area contributed by atoms with Crippen molar-refractivity contribution in [3.8, 4) is 0 Å². The van der Waals surface area contributed by atoms with Crippen LogP contribution in [0, 0.1) is 23.2 Å². The first-order valence-electron chi connectivity index (χ1n) is 7.05. The summed E-state index contributed by atoms with van der Waals surface area (Å²) in [6.45, 7) is 2.98. The van der Waals surface area contributed by atoms with E-state index < -0.39 is 5.97 Å². The maximum atomic E-state index is 12.4. The van der Waals surface area contributed by atoms with E-state index in [0.29, 0.717) is 18.5 Å². The van der Waals surface area contributed by atoms with Crippen molar-refractivity contribution in [2.75, 3.05) is 13.1 Å². The van der Waals surface area contributed by atoms with Crippen LogP contribution in [0.1, 0.15) is 39.0 Å². The molecule has 1 heterocycles. The van der Waals surface area contributed by atoms with E-state index in [1.807, 2.05) is 6.92 Å². The largest absolute Gasteiger partial charge is 0.481 e. The predicted octanol–water partition coefficient (Wildman–Crippen LogP) is 1.75. The summed E-state index contributed by atoms with van der Waals surface area (Å²) in [6.07, 6.45) is 5.98. The molecular formula is C14H21NO3. The molecule has 2 aliphatic carbocycles. The van der Waals surface area contributed by atoms with E-state index in [4.69, 9.17) is 5.11 Å². The SMILES string of the molecule is C[C@@H]1CN(C(=O)C2CC23CCCC3)C[C@H]1C(=O)O. The smallest absolute Gasteiger partial charge is 0.308 e. The highest BCUT2D eigenvalue weighted by atomic mass is 16.4. The number of hydrogen-bond acceptors (Lipinski definition) is 2. The zero-order chi connectivity index (χ0) is 12.9. The van der Waals surface area contributed by atoms with Gasteiger partial charge in [-0.15, -0.1) is 0 Å². The van der Waals surface area contributed by atoms with Gasteiger partial charge in [0.1, 0.15) is 0 Å². The van der Waals surface area contributed by atoms with Crippen molar-refractivity contribution in [2.45, 2.75) is 39.0 Å². The maximum absolute atomic E-state index is 12.4. The van der Waals surface area contributed by atoms with E-state index in [-0.39, 0.29) is 23.7 Å². The topological polar surface area (TPSA) is 57.6 Å². The molecule has 3 atom stereocenters.